The molecule has 1 saturated heterocycles. The van der Waals surface area contributed by atoms with Crippen LogP contribution in [0, 0.1) is 0 Å². The van der Waals surface area contributed by atoms with Gasteiger partial charge in [0.15, 0.2) is 5.13 Å². The SMILES string of the molecule is O=C(c1ccc2nsnc2c1)N1CCN(c2nccs2)C(=O)C1. The van der Waals surface area contributed by atoms with E-state index in [1.165, 1.54) is 11.3 Å². The van der Waals surface area contributed by atoms with Gasteiger partial charge in [-0.05, 0) is 18.2 Å². The van der Waals surface area contributed by atoms with E-state index in [0.29, 0.717) is 29.3 Å². The van der Waals surface area contributed by atoms with Gasteiger partial charge in [-0.3, -0.25) is 14.5 Å². The largest absolute Gasteiger partial charge is 0.328 e. The molecule has 1 aromatic carbocycles. The molecule has 4 rings (SSSR count). The number of hydrogen-bond donors (Lipinski definition) is 0. The maximum Gasteiger partial charge on any atom is 0.254 e. The summed E-state index contributed by atoms with van der Waals surface area (Å²) in [6.07, 6.45) is 1.67. The molecule has 23 heavy (non-hydrogen) atoms. The molecule has 0 spiro atoms. The highest BCUT2D eigenvalue weighted by molar-refractivity contribution is 7.13. The summed E-state index contributed by atoms with van der Waals surface area (Å²) in [6.45, 7) is 1.00. The summed E-state index contributed by atoms with van der Waals surface area (Å²) in [5, 5.41) is 2.51. The molecular weight excluding hydrogens is 334 g/mol. The minimum absolute atomic E-state index is 0.0613. The molecule has 0 atom stereocenters. The number of rotatable bonds is 2. The van der Waals surface area contributed by atoms with Crippen LogP contribution in [0.3, 0.4) is 0 Å². The van der Waals surface area contributed by atoms with Gasteiger partial charge in [0.25, 0.3) is 5.91 Å². The lowest BCUT2D eigenvalue weighted by atomic mass is 10.1. The molecule has 2 aromatic heterocycles. The highest BCUT2D eigenvalue weighted by atomic mass is 32.1. The molecule has 0 saturated carbocycles. The van der Waals surface area contributed by atoms with Gasteiger partial charge in [0, 0.05) is 30.2 Å². The Balaban J connectivity index is 1.52. The van der Waals surface area contributed by atoms with Crippen molar-refractivity contribution in [1.82, 2.24) is 18.6 Å². The minimum atomic E-state index is -0.160. The first kappa shape index (κ1) is 14.2. The number of anilines is 1. The van der Waals surface area contributed by atoms with Gasteiger partial charge in [-0.2, -0.15) is 8.75 Å². The Kier molecular flexibility index (Phi) is 3.50. The van der Waals surface area contributed by atoms with Crippen LogP contribution in [-0.2, 0) is 4.79 Å². The summed E-state index contributed by atoms with van der Waals surface area (Å²) in [7, 11) is 0. The van der Waals surface area contributed by atoms with E-state index in [2.05, 4.69) is 13.7 Å². The number of hydrogen-bond acceptors (Lipinski definition) is 7. The first-order valence-electron chi connectivity index (χ1n) is 6.94. The van der Waals surface area contributed by atoms with E-state index in [0.717, 1.165) is 17.2 Å². The molecule has 1 aliphatic heterocycles. The minimum Gasteiger partial charge on any atom is -0.328 e. The van der Waals surface area contributed by atoms with Gasteiger partial charge >= 0.3 is 0 Å². The Morgan fingerprint density at radius 1 is 1.17 bits per heavy atom. The molecule has 3 heterocycles. The Bertz CT molecular complexity index is 876. The lowest BCUT2D eigenvalue weighted by molar-refractivity contribution is -0.120. The van der Waals surface area contributed by atoms with E-state index in [1.54, 1.807) is 34.2 Å². The number of benzene rings is 1. The lowest BCUT2D eigenvalue weighted by Gasteiger charge is -2.32. The molecule has 116 valence electrons. The number of thiazole rings is 1. The predicted octanol–water partition coefficient (Wildman–Crippen LogP) is 1.64. The number of fused-ring (bicyclic) bond motifs is 1. The van der Waals surface area contributed by atoms with Gasteiger partial charge in [0.1, 0.15) is 17.6 Å². The maximum atomic E-state index is 12.6. The van der Waals surface area contributed by atoms with Crippen LogP contribution in [0.2, 0.25) is 0 Å². The zero-order valence-corrected chi connectivity index (χ0v) is 13.5. The van der Waals surface area contributed by atoms with E-state index in [1.807, 2.05) is 5.38 Å². The average Bonchev–Trinajstić information content (AvgIpc) is 3.24. The number of piperazine rings is 1. The van der Waals surface area contributed by atoms with Gasteiger partial charge in [0.2, 0.25) is 5.91 Å². The highest BCUT2D eigenvalue weighted by Gasteiger charge is 2.29. The fourth-order valence-electron chi connectivity index (χ4n) is 2.50. The van der Waals surface area contributed by atoms with Crippen molar-refractivity contribution in [2.45, 2.75) is 0 Å². The lowest BCUT2D eigenvalue weighted by Crippen LogP contribution is -2.52. The number of amides is 2. The topological polar surface area (TPSA) is 79.3 Å². The molecular formula is C14H11N5O2S2. The van der Waals surface area contributed by atoms with Crippen molar-refractivity contribution in [3.8, 4) is 0 Å². The summed E-state index contributed by atoms with van der Waals surface area (Å²) in [6, 6.07) is 5.22. The van der Waals surface area contributed by atoms with Crippen LogP contribution in [0.4, 0.5) is 5.13 Å². The third-order valence-electron chi connectivity index (χ3n) is 3.66. The highest BCUT2D eigenvalue weighted by Crippen LogP contribution is 2.21. The van der Waals surface area contributed by atoms with Crippen LogP contribution < -0.4 is 4.90 Å². The summed E-state index contributed by atoms with van der Waals surface area (Å²) >= 11 is 2.53. The molecule has 7 nitrogen and oxygen atoms in total. The first-order valence-corrected chi connectivity index (χ1v) is 8.55. The smallest absolute Gasteiger partial charge is 0.254 e. The predicted molar refractivity (Wildman–Crippen MR) is 87.8 cm³/mol. The summed E-state index contributed by atoms with van der Waals surface area (Å²) < 4.78 is 8.27. The van der Waals surface area contributed by atoms with Crippen molar-refractivity contribution in [1.29, 1.82) is 0 Å². The van der Waals surface area contributed by atoms with Crippen LogP contribution in [0.1, 0.15) is 10.4 Å². The van der Waals surface area contributed by atoms with Crippen LogP contribution in [0.5, 0.6) is 0 Å². The van der Waals surface area contributed by atoms with Crippen molar-refractivity contribution >= 4 is 51.0 Å². The fraction of sp³-hybridized carbons (Fsp3) is 0.214. The van der Waals surface area contributed by atoms with Crippen LogP contribution in [0.25, 0.3) is 11.0 Å². The average molecular weight is 345 g/mol. The Hall–Kier alpha value is -2.39. The van der Waals surface area contributed by atoms with Gasteiger partial charge in [-0.1, -0.05) is 0 Å². The molecule has 9 heteroatoms. The fourth-order valence-corrected chi connectivity index (χ4v) is 3.70. The summed E-state index contributed by atoms with van der Waals surface area (Å²) in [5.74, 6) is -0.275. The van der Waals surface area contributed by atoms with Crippen molar-refractivity contribution in [2.24, 2.45) is 0 Å². The van der Waals surface area contributed by atoms with Gasteiger partial charge < -0.3 is 4.90 Å². The number of carbonyl (C=O) groups excluding carboxylic acids is 2. The quantitative estimate of drug-likeness (QED) is 0.705. The third kappa shape index (κ3) is 2.57. The third-order valence-corrected chi connectivity index (χ3v) is 5.01. The monoisotopic (exact) mass is 345 g/mol. The van der Waals surface area contributed by atoms with E-state index >= 15 is 0 Å². The Morgan fingerprint density at radius 3 is 2.83 bits per heavy atom. The Labute approximate surface area is 139 Å². The van der Waals surface area contributed by atoms with E-state index in [4.69, 9.17) is 0 Å². The van der Waals surface area contributed by atoms with E-state index in [9.17, 15) is 9.59 Å². The Morgan fingerprint density at radius 2 is 2.04 bits per heavy atom. The molecule has 0 radical (unpaired) electrons. The second kappa shape index (κ2) is 5.67. The number of nitrogens with zero attached hydrogens (tertiary/aromatic N) is 5. The maximum absolute atomic E-state index is 12.6. The van der Waals surface area contributed by atoms with E-state index < -0.39 is 0 Å². The van der Waals surface area contributed by atoms with Gasteiger partial charge in [-0.25, -0.2) is 4.98 Å². The summed E-state index contributed by atoms with van der Waals surface area (Å²) in [4.78, 5) is 32.2. The van der Waals surface area contributed by atoms with Crippen LogP contribution in [-0.4, -0.2) is 50.1 Å². The molecule has 0 unspecified atom stereocenters. The molecule has 0 N–H and O–H groups in total. The van der Waals surface area contributed by atoms with Crippen molar-refractivity contribution < 1.29 is 9.59 Å². The second-order valence-corrected chi connectivity index (χ2v) is 6.46. The van der Waals surface area contributed by atoms with Crippen LogP contribution >= 0.6 is 23.1 Å². The molecule has 1 aliphatic rings. The number of aromatic nitrogens is 3. The molecule has 1 fully saturated rings. The van der Waals surface area contributed by atoms with Gasteiger partial charge in [-0.15, -0.1) is 11.3 Å². The van der Waals surface area contributed by atoms with Crippen molar-refractivity contribution in [3.63, 3.8) is 0 Å². The summed E-state index contributed by atoms with van der Waals surface area (Å²) in [5.41, 5.74) is 2.01. The molecule has 0 bridgehead atoms. The zero-order valence-electron chi connectivity index (χ0n) is 11.9. The first-order chi connectivity index (χ1) is 11.2. The second-order valence-electron chi connectivity index (χ2n) is 5.05. The van der Waals surface area contributed by atoms with Gasteiger partial charge in [0.05, 0.1) is 11.7 Å². The normalized spacial score (nSPS) is 15.4. The van der Waals surface area contributed by atoms with Crippen LogP contribution in [0.15, 0.2) is 29.8 Å². The number of carbonyl (C=O) groups is 2. The standard InChI is InChI=1S/C14H11N5O2S2/c20-12-8-18(4-5-19(12)14-15-3-6-22-14)13(21)9-1-2-10-11(7-9)17-23-16-10/h1-3,6-7H,4-5,8H2. The molecule has 3 aromatic rings. The van der Waals surface area contributed by atoms with E-state index in [-0.39, 0.29) is 18.4 Å². The molecule has 0 aliphatic carbocycles. The van der Waals surface area contributed by atoms with Crippen molar-refractivity contribution in [3.05, 3.63) is 35.3 Å². The van der Waals surface area contributed by atoms with Crippen molar-refractivity contribution in [2.75, 3.05) is 24.5 Å². The molecule has 2 amide bonds. The zero-order chi connectivity index (χ0) is 15.8.